The zero-order chi connectivity index (χ0) is 18.1. The lowest BCUT2D eigenvalue weighted by atomic mass is 9.93. The predicted molar refractivity (Wildman–Crippen MR) is 101 cm³/mol. The summed E-state index contributed by atoms with van der Waals surface area (Å²) in [6.45, 7) is 4.64. The first-order valence-corrected chi connectivity index (χ1v) is 10.1. The second kappa shape index (κ2) is 7.27. The summed E-state index contributed by atoms with van der Waals surface area (Å²) in [4.78, 5) is 21.1. The molecule has 0 saturated heterocycles. The van der Waals surface area contributed by atoms with E-state index in [0.29, 0.717) is 23.3 Å². The Labute approximate surface area is 157 Å². The minimum Gasteiger partial charge on any atom is -0.455 e. The average molecular weight is 369 g/mol. The van der Waals surface area contributed by atoms with Crippen molar-refractivity contribution in [3.63, 3.8) is 0 Å². The van der Waals surface area contributed by atoms with Crippen LogP contribution in [-0.2, 0) is 5.75 Å². The molecular formula is C20H23N3O2S. The number of rotatable bonds is 6. The Morgan fingerprint density at radius 2 is 2.04 bits per heavy atom. The number of amides is 1. The van der Waals surface area contributed by atoms with Gasteiger partial charge in [0.15, 0.2) is 10.9 Å². The van der Waals surface area contributed by atoms with Crippen LogP contribution in [0, 0.1) is 31.6 Å². The monoisotopic (exact) mass is 369 g/mol. The average Bonchev–Trinajstić information content (AvgIpc) is 3.33. The van der Waals surface area contributed by atoms with E-state index >= 15 is 0 Å². The Morgan fingerprint density at radius 3 is 2.73 bits per heavy atom. The van der Waals surface area contributed by atoms with Crippen LogP contribution >= 0.6 is 11.8 Å². The highest BCUT2D eigenvalue weighted by atomic mass is 32.2. The van der Waals surface area contributed by atoms with Gasteiger partial charge >= 0.3 is 0 Å². The molecule has 3 atom stereocenters. The van der Waals surface area contributed by atoms with E-state index < -0.39 is 0 Å². The molecule has 2 aromatic heterocycles. The largest absolute Gasteiger partial charge is 0.455 e. The third-order valence-electron chi connectivity index (χ3n) is 5.13. The van der Waals surface area contributed by atoms with Gasteiger partial charge in [-0.1, -0.05) is 23.9 Å². The zero-order valence-electron chi connectivity index (χ0n) is 15.1. The Balaban J connectivity index is 1.29. The molecular weight excluding hydrogens is 346 g/mol. The van der Waals surface area contributed by atoms with Gasteiger partial charge < -0.3 is 9.73 Å². The van der Waals surface area contributed by atoms with Crippen molar-refractivity contribution in [2.45, 2.75) is 37.6 Å². The maximum absolute atomic E-state index is 12.3. The lowest BCUT2D eigenvalue weighted by Gasteiger charge is -2.17. The maximum Gasteiger partial charge on any atom is 0.287 e. The second-order valence-electron chi connectivity index (χ2n) is 7.24. The van der Waals surface area contributed by atoms with Crippen LogP contribution in [0.4, 0.5) is 0 Å². The summed E-state index contributed by atoms with van der Waals surface area (Å²) >= 11 is 1.51. The van der Waals surface area contributed by atoms with Crippen molar-refractivity contribution < 1.29 is 9.21 Å². The van der Waals surface area contributed by atoms with Gasteiger partial charge in [-0.2, -0.15) is 0 Å². The molecule has 0 spiro atoms. The lowest BCUT2D eigenvalue weighted by Crippen LogP contribution is -2.30. The van der Waals surface area contributed by atoms with Gasteiger partial charge in [-0.05, 0) is 62.6 Å². The summed E-state index contributed by atoms with van der Waals surface area (Å²) in [7, 11) is 0. The number of nitrogens with zero attached hydrogens (tertiary/aromatic N) is 2. The number of fused-ring (bicyclic) bond motifs is 2. The number of aromatic nitrogens is 2. The molecule has 2 aliphatic carbocycles. The van der Waals surface area contributed by atoms with Crippen LogP contribution in [0.15, 0.2) is 39.9 Å². The molecule has 0 aliphatic heterocycles. The third-order valence-corrected chi connectivity index (χ3v) is 6.00. The summed E-state index contributed by atoms with van der Waals surface area (Å²) in [6.07, 6.45) is 7.07. The molecule has 6 heteroatoms. The molecule has 136 valence electrons. The molecule has 2 aromatic rings. The molecule has 2 bridgehead atoms. The van der Waals surface area contributed by atoms with E-state index in [9.17, 15) is 4.79 Å². The van der Waals surface area contributed by atoms with E-state index in [-0.39, 0.29) is 5.91 Å². The molecule has 1 N–H and O–H groups in total. The minimum absolute atomic E-state index is 0.129. The Hall–Kier alpha value is -2.08. The fourth-order valence-corrected chi connectivity index (χ4v) is 4.76. The van der Waals surface area contributed by atoms with Crippen molar-refractivity contribution in [3.05, 3.63) is 53.3 Å². The van der Waals surface area contributed by atoms with Crippen molar-refractivity contribution in [1.29, 1.82) is 0 Å². The van der Waals surface area contributed by atoms with Gasteiger partial charge in [-0.15, -0.1) is 0 Å². The Kier molecular flexibility index (Phi) is 4.85. The highest BCUT2D eigenvalue weighted by molar-refractivity contribution is 7.98. The standard InChI is InChI=1S/C20H23N3O2S/c1-12-7-13(2)23-20(22-12)26-11-17-5-6-18(25-17)19(24)21-10-16-9-14-3-4-15(16)8-14/h3-7,14-16H,8-11H2,1-2H3,(H,21,24)/t14-,15+,16-/m1/s1. The topological polar surface area (TPSA) is 68.0 Å². The fraction of sp³-hybridized carbons (Fsp3) is 0.450. The van der Waals surface area contributed by atoms with Gasteiger partial charge in [0.25, 0.3) is 5.91 Å². The van der Waals surface area contributed by atoms with Crippen molar-refractivity contribution in [2.24, 2.45) is 17.8 Å². The second-order valence-corrected chi connectivity index (χ2v) is 8.18. The number of allylic oxidation sites excluding steroid dienone is 2. The maximum atomic E-state index is 12.3. The number of aryl methyl sites for hydroxylation is 2. The molecule has 1 saturated carbocycles. The van der Waals surface area contributed by atoms with Crippen LogP contribution in [0.25, 0.3) is 0 Å². The van der Waals surface area contributed by atoms with Gasteiger partial charge in [0, 0.05) is 17.9 Å². The number of hydrogen-bond donors (Lipinski definition) is 1. The molecule has 1 amide bonds. The smallest absolute Gasteiger partial charge is 0.287 e. The van der Waals surface area contributed by atoms with Crippen LogP contribution < -0.4 is 5.32 Å². The molecule has 2 heterocycles. The number of hydrogen-bond acceptors (Lipinski definition) is 5. The molecule has 0 aromatic carbocycles. The fourth-order valence-electron chi connectivity index (χ4n) is 3.91. The lowest BCUT2D eigenvalue weighted by molar-refractivity contribution is 0.0916. The normalized spacial score (nSPS) is 23.5. The molecule has 5 nitrogen and oxygen atoms in total. The molecule has 4 rings (SSSR count). The highest BCUT2D eigenvalue weighted by Gasteiger charge is 2.35. The molecule has 0 unspecified atom stereocenters. The van der Waals surface area contributed by atoms with Crippen LogP contribution in [0.5, 0.6) is 0 Å². The van der Waals surface area contributed by atoms with E-state index in [1.807, 2.05) is 26.0 Å². The Bertz CT molecular complexity index is 825. The third kappa shape index (κ3) is 3.85. The SMILES string of the molecule is Cc1cc(C)nc(SCc2ccc(C(=O)NC[C@H]3C[C@@H]4C=C[C@H]3C4)o2)n1. The van der Waals surface area contributed by atoms with Crippen molar-refractivity contribution in [1.82, 2.24) is 15.3 Å². The number of carbonyl (C=O) groups is 1. The van der Waals surface area contributed by atoms with E-state index in [1.165, 1.54) is 24.6 Å². The van der Waals surface area contributed by atoms with E-state index in [2.05, 4.69) is 27.4 Å². The summed E-state index contributed by atoms with van der Waals surface area (Å²) < 4.78 is 5.70. The first-order chi connectivity index (χ1) is 12.6. The minimum atomic E-state index is -0.129. The number of furan rings is 1. The molecule has 1 fully saturated rings. The van der Waals surface area contributed by atoms with Gasteiger partial charge in [0.1, 0.15) is 5.76 Å². The van der Waals surface area contributed by atoms with Crippen LogP contribution in [0.2, 0.25) is 0 Å². The van der Waals surface area contributed by atoms with Gasteiger partial charge in [0.05, 0.1) is 5.75 Å². The first-order valence-electron chi connectivity index (χ1n) is 9.07. The number of thioether (sulfide) groups is 1. The first kappa shape index (κ1) is 17.3. The van der Waals surface area contributed by atoms with Gasteiger partial charge in [-0.25, -0.2) is 9.97 Å². The molecule has 0 radical (unpaired) electrons. The van der Waals surface area contributed by atoms with E-state index in [4.69, 9.17) is 4.42 Å². The van der Waals surface area contributed by atoms with Crippen molar-refractivity contribution >= 4 is 17.7 Å². The van der Waals surface area contributed by atoms with Crippen LogP contribution in [0.1, 0.15) is 40.5 Å². The van der Waals surface area contributed by atoms with E-state index in [0.717, 1.165) is 34.8 Å². The summed E-state index contributed by atoms with van der Waals surface area (Å²) in [5, 5.41) is 3.76. The molecule has 26 heavy (non-hydrogen) atoms. The highest BCUT2D eigenvalue weighted by Crippen LogP contribution is 2.42. The summed E-state index contributed by atoms with van der Waals surface area (Å²) in [5.41, 5.74) is 1.91. The predicted octanol–water partition coefficient (Wildman–Crippen LogP) is 3.92. The summed E-state index contributed by atoms with van der Waals surface area (Å²) in [5.74, 6) is 3.54. The molecule has 2 aliphatic rings. The van der Waals surface area contributed by atoms with E-state index in [1.54, 1.807) is 6.07 Å². The van der Waals surface area contributed by atoms with Crippen LogP contribution in [-0.4, -0.2) is 22.4 Å². The Morgan fingerprint density at radius 1 is 1.23 bits per heavy atom. The van der Waals surface area contributed by atoms with Gasteiger partial charge in [-0.3, -0.25) is 4.79 Å². The quantitative estimate of drug-likeness (QED) is 0.475. The number of nitrogens with one attached hydrogen (secondary N) is 1. The summed E-state index contributed by atoms with van der Waals surface area (Å²) in [6, 6.07) is 5.55. The zero-order valence-corrected chi connectivity index (χ0v) is 15.9. The van der Waals surface area contributed by atoms with Crippen molar-refractivity contribution in [3.8, 4) is 0 Å². The van der Waals surface area contributed by atoms with Crippen molar-refractivity contribution in [2.75, 3.05) is 6.54 Å². The van der Waals surface area contributed by atoms with Crippen LogP contribution in [0.3, 0.4) is 0 Å². The number of carbonyl (C=O) groups excluding carboxylic acids is 1. The van der Waals surface area contributed by atoms with Gasteiger partial charge in [0.2, 0.25) is 0 Å².